The zero-order valence-electron chi connectivity index (χ0n) is 14.1. The maximum absolute atomic E-state index is 14.5. The highest BCUT2D eigenvalue weighted by Gasteiger charge is 2.21. The van der Waals surface area contributed by atoms with E-state index in [1.54, 1.807) is 12.1 Å². The molecule has 0 saturated carbocycles. The molecule has 1 saturated heterocycles. The highest BCUT2D eigenvalue weighted by Crippen LogP contribution is 2.23. The molecular weight excluding hydrogens is 331 g/mol. The first kappa shape index (κ1) is 18.9. The lowest BCUT2D eigenvalue weighted by Crippen LogP contribution is -2.39. The summed E-state index contributed by atoms with van der Waals surface area (Å²) in [5.41, 5.74) is 6.37. The molecule has 1 aliphatic rings. The minimum absolute atomic E-state index is 0.132. The first-order valence-electron chi connectivity index (χ1n) is 8.02. The van der Waals surface area contributed by atoms with Crippen molar-refractivity contribution in [2.45, 2.75) is 6.04 Å². The SMILES string of the molecule is CNC(=O)N1CCN(c2ccc(NC[C@H](CN)N=O)cc2F)CCO1. The first-order chi connectivity index (χ1) is 12.1. The van der Waals surface area contributed by atoms with Gasteiger partial charge in [-0.3, -0.25) is 4.84 Å². The van der Waals surface area contributed by atoms with Crippen LogP contribution in [0.5, 0.6) is 0 Å². The smallest absolute Gasteiger partial charge is 0.341 e. The van der Waals surface area contributed by atoms with Crippen LogP contribution in [-0.4, -0.2) is 63.5 Å². The molecule has 138 valence electrons. The van der Waals surface area contributed by atoms with Gasteiger partial charge < -0.3 is 21.3 Å². The van der Waals surface area contributed by atoms with Crippen LogP contribution in [0.1, 0.15) is 0 Å². The average molecular weight is 354 g/mol. The Morgan fingerprint density at radius 2 is 2.24 bits per heavy atom. The summed E-state index contributed by atoms with van der Waals surface area (Å²) in [6.07, 6.45) is 0. The molecule has 0 bridgehead atoms. The molecule has 0 aromatic heterocycles. The molecule has 1 aromatic rings. The number of hydroxylamine groups is 2. The lowest BCUT2D eigenvalue weighted by molar-refractivity contribution is -0.104. The van der Waals surface area contributed by atoms with E-state index in [0.717, 1.165) is 0 Å². The van der Waals surface area contributed by atoms with E-state index < -0.39 is 11.9 Å². The highest BCUT2D eigenvalue weighted by atomic mass is 19.1. The maximum Gasteiger partial charge on any atom is 0.341 e. The third kappa shape index (κ3) is 5.00. The van der Waals surface area contributed by atoms with Crippen LogP contribution in [0.25, 0.3) is 0 Å². The second-order valence-electron chi connectivity index (χ2n) is 5.52. The molecule has 0 aliphatic carbocycles. The number of anilines is 2. The summed E-state index contributed by atoms with van der Waals surface area (Å²) in [6, 6.07) is 3.84. The fraction of sp³-hybridized carbons (Fsp3) is 0.533. The molecule has 0 unspecified atom stereocenters. The Morgan fingerprint density at radius 1 is 1.44 bits per heavy atom. The van der Waals surface area contributed by atoms with Gasteiger partial charge in [0.1, 0.15) is 11.9 Å². The fourth-order valence-electron chi connectivity index (χ4n) is 2.45. The average Bonchev–Trinajstić information content (AvgIpc) is 2.88. The van der Waals surface area contributed by atoms with E-state index in [4.69, 9.17) is 10.6 Å². The fourth-order valence-corrected chi connectivity index (χ4v) is 2.45. The van der Waals surface area contributed by atoms with Crippen molar-refractivity contribution in [1.29, 1.82) is 0 Å². The van der Waals surface area contributed by atoms with Gasteiger partial charge in [-0.2, -0.15) is 4.91 Å². The Kier molecular flexibility index (Phi) is 6.90. The van der Waals surface area contributed by atoms with Gasteiger partial charge in [0.2, 0.25) is 0 Å². The van der Waals surface area contributed by atoms with Crippen LogP contribution in [0.15, 0.2) is 23.4 Å². The minimum atomic E-state index is -0.554. The van der Waals surface area contributed by atoms with Crippen LogP contribution in [0, 0.1) is 10.7 Å². The van der Waals surface area contributed by atoms with Gasteiger partial charge in [-0.25, -0.2) is 14.2 Å². The second kappa shape index (κ2) is 9.14. The third-order valence-corrected chi connectivity index (χ3v) is 3.87. The minimum Gasteiger partial charge on any atom is -0.383 e. The quantitative estimate of drug-likeness (QED) is 0.649. The van der Waals surface area contributed by atoms with Gasteiger partial charge in [-0.15, -0.1) is 0 Å². The largest absolute Gasteiger partial charge is 0.383 e. The summed E-state index contributed by atoms with van der Waals surface area (Å²) in [5.74, 6) is -0.401. The van der Waals surface area contributed by atoms with Crippen molar-refractivity contribution in [2.75, 3.05) is 56.6 Å². The van der Waals surface area contributed by atoms with E-state index in [1.807, 2.05) is 4.90 Å². The van der Waals surface area contributed by atoms with Crippen molar-refractivity contribution in [2.24, 2.45) is 10.9 Å². The molecule has 9 nitrogen and oxygen atoms in total. The Labute approximate surface area is 145 Å². The van der Waals surface area contributed by atoms with Gasteiger partial charge in [-0.1, -0.05) is 5.18 Å². The number of benzene rings is 1. The van der Waals surface area contributed by atoms with Crippen LogP contribution in [-0.2, 0) is 4.84 Å². The molecule has 0 radical (unpaired) electrons. The number of nitroso groups, excluding NO2 is 1. The van der Waals surface area contributed by atoms with Gasteiger partial charge in [0.05, 0.1) is 18.8 Å². The van der Waals surface area contributed by atoms with E-state index in [9.17, 15) is 14.1 Å². The molecule has 25 heavy (non-hydrogen) atoms. The Morgan fingerprint density at radius 3 is 2.88 bits per heavy atom. The Hall–Kier alpha value is -2.46. The van der Waals surface area contributed by atoms with Crippen molar-refractivity contribution in [3.8, 4) is 0 Å². The number of urea groups is 1. The third-order valence-electron chi connectivity index (χ3n) is 3.87. The van der Waals surface area contributed by atoms with E-state index in [0.29, 0.717) is 31.0 Å². The molecule has 1 aromatic carbocycles. The van der Waals surface area contributed by atoms with E-state index in [-0.39, 0.29) is 25.7 Å². The van der Waals surface area contributed by atoms with Crippen molar-refractivity contribution in [1.82, 2.24) is 10.4 Å². The number of halogens is 1. The predicted octanol–water partition coefficient (Wildman–Crippen LogP) is 0.724. The zero-order chi connectivity index (χ0) is 18.2. The van der Waals surface area contributed by atoms with E-state index in [2.05, 4.69) is 15.8 Å². The molecule has 1 heterocycles. The molecule has 10 heteroatoms. The van der Waals surface area contributed by atoms with Crippen LogP contribution in [0.3, 0.4) is 0 Å². The molecule has 0 spiro atoms. The summed E-state index contributed by atoms with van der Waals surface area (Å²) in [7, 11) is 1.52. The number of rotatable bonds is 6. The number of nitrogens with two attached hydrogens (primary N) is 1. The maximum atomic E-state index is 14.5. The standard InChI is InChI=1S/C15H23FN6O3/c1-18-15(23)22-5-4-21(6-7-25-22)14-3-2-11(8-13(14)16)19-10-12(9-17)20-24/h2-3,8,12,19H,4-7,9-10,17H2,1H3,(H,18,23)/t12-/m0/s1. The number of nitrogens with zero attached hydrogens (tertiary/aromatic N) is 3. The Bertz CT molecular complexity index is 603. The monoisotopic (exact) mass is 354 g/mol. The van der Waals surface area contributed by atoms with Crippen molar-refractivity contribution in [3.05, 3.63) is 28.9 Å². The van der Waals surface area contributed by atoms with Gasteiger partial charge in [0, 0.05) is 38.9 Å². The van der Waals surface area contributed by atoms with Gasteiger partial charge >= 0.3 is 6.03 Å². The Balaban J connectivity index is 2.00. The number of hydrogen-bond acceptors (Lipinski definition) is 7. The molecule has 2 amide bonds. The molecule has 2 rings (SSSR count). The first-order valence-corrected chi connectivity index (χ1v) is 8.02. The molecular formula is C15H23FN6O3. The normalized spacial score (nSPS) is 16.1. The van der Waals surface area contributed by atoms with E-state index in [1.165, 1.54) is 18.2 Å². The van der Waals surface area contributed by atoms with Crippen molar-refractivity contribution >= 4 is 17.4 Å². The van der Waals surface area contributed by atoms with Crippen LogP contribution in [0.4, 0.5) is 20.6 Å². The summed E-state index contributed by atoms with van der Waals surface area (Å²) in [4.78, 5) is 29.3. The zero-order valence-corrected chi connectivity index (χ0v) is 14.1. The number of hydrogen-bond donors (Lipinski definition) is 3. The summed E-state index contributed by atoms with van der Waals surface area (Å²) >= 11 is 0. The summed E-state index contributed by atoms with van der Waals surface area (Å²) in [5, 5.41) is 9.54. The molecule has 4 N–H and O–H groups in total. The van der Waals surface area contributed by atoms with Crippen LogP contribution >= 0.6 is 0 Å². The van der Waals surface area contributed by atoms with Gasteiger partial charge in [0.25, 0.3) is 0 Å². The molecule has 1 aliphatic heterocycles. The van der Waals surface area contributed by atoms with Crippen LogP contribution < -0.4 is 21.3 Å². The summed E-state index contributed by atoms with van der Waals surface area (Å²) < 4.78 is 14.5. The molecule has 1 fully saturated rings. The van der Waals surface area contributed by atoms with Gasteiger partial charge in [0.15, 0.2) is 0 Å². The van der Waals surface area contributed by atoms with E-state index >= 15 is 0 Å². The summed E-state index contributed by atoms with van der Waals surface area (Å²) in [6.45, 7) is 1.88. The van der Waals surface area contributed by atoms with Gasteiger partial charge in [-0.05, 0) is 18.2 Å². The topological polar surface area (TPSA) is 112 Å². The number of nitrogens with one attached hydrogen (secondary N) is 2. The molecule has 1 atom stereocenters. The lowest BCUT2D eigenvalue weighted by atomic mass is 10.2. The number of amides is 2. The number of carbonyl (C=O) groups is 1. The lowest BCUT2D eigenvalue weighted by Gasteiger charge is -2.23. The van der Waals surface area contributed by atoms with Crippen molar-refractivity contribution < 1.29 is 14.0 Å². The highest BCUT2D eigenvalue weighted by molar-refractivity contribution is 5.72. The number of carbonyl (C=O) groups excluding carboxylic acids is 1. The second-order valence-corrected chi connectivity index (χ2v) is 5.52. The van der Waals surface area contributed by atoms with Crippen molar-refractivity contribution in [3.63, 3.8) is 0 Å². The predicted molar refractivity (Wildman–Crippen MR) is 92.9 cm³/mol. The van der Waals surface area contributed by atoms with Crippen LogP contribution in [0.2, 0.25) is 0 Å².